The summed E-state index contributed by atoms with van der Waals surface area (Å²) in [6.07, 6.45) is 1.91. The van der Waals surface area contributed by atoms with Gasteiger partial charge in [-0.3, -0.25) is 4.79 Å². The van der Waals surface area contributed by atoms with Crippen molar-refractivity contribution in [2.45, 2.75) is 58.9 Å². The highest BCUT2D eigenvalue weighted by Crippen LogP contribution is 2.38. The van der Waals surface area contributed by atoms with Crippen molar-refractivity contribution in [2.24, 2.45) is 5.41 Å². The predicted molar refractivity (Wildman–Crippen MR) is 73.2 cm³/mol. The fraction of sp³-hybridized carbons (Fsp3) is 0.923. The number of halogens is 2. The number of alkyl halides is 2. The van der Waals surface area contributed by atoms with Gasteiger partial charge in [-0.25, -0.2) is 17.2 Å². The van der Waals surface area contributed by atoms with E-state index in [1.165, 1.54) is 20.8 Å². The van der Waals surface area contributed by atoms with Crippen LogP contribution in [0.1, 0.15) is 47.0 Å². The van der Waals surface area contributed by atoms with E-state index in [1.54, 1.807) is 0 Å². The standard InChI is InChI=1S/C13H23F2NO3S/c1-10(17)11-7-5-6-8-16(11)20(18,19)9-12(2,3)13(4,14)15/h11H,5-9H2,1-4H3. The molecular weight excluding hydrogens is 288 g/mol. The van der Waals surface area contributed by atoms with E-state index >= 15 is 0 Å². The van der Waals surface area contributed by atoms with Crippen LogP contribution in [0.5, 0.6) is 0 Å². The van der Waals surface area contributed by atoms with Crippen LogP contribution in [0.25, 0.3) is 0 Å². The molecule has 1 aliphatic rings. The van der Waals surface area contributed by atoms with E-state index in [9.17, 15) is 22.0 Å². The van der Waals surface area contributed by atoms with Crippen LogP contribution in [0.2, 0.25) is 0 Å². The Hall–Kier alpha value is -0.560. The lowest BCUT2D eigenvalue weighted by molar-refractivity contribution is -0.121. The molecule has 0 amide bonds. The zero-order valence-electron chi connectivity index (χ0n) is 12.4. The Morgan fingerprint density at radius 2 is 1.80 bits per heavy atom. The van der Waals surface area contributed by atoms with Crippen LogP contribution in [-0.4, -0.2) is 42.8 Å². The molecule has 1 atom stereocenters. The van der Waals surface area contributed by atoms with Crippen LogP contribution in [0.3, 0.4) is 0 Å². The molecule has 0 aromatic rings. The molecule has 1 fully saturated rings. The van der Waals surface area contributed by atoms with Gasteiger partial charge in [0.05, 0.1) is 11.8 Å². The summed E-state index contributed by atoms with van der Waals surface area (Å²) in [5, 5.41) is 0. The van der Waals surface area contributed by atoms with Crippen molar-refractivity contribution in [3.63, 3.8) is 0 Å². The molecule has 1 unspecified atom stereocenters. The molecule has 0 aromatic carbocycles. The molecule has 0 N–H and O–H groups in total. The first-order chi connectivity index (χ1) is 8.88. The Morgan fingerprint density at radius 3 is 2.25 bits per heavy atom. The van der Waals surface area contributed by atoms with Crippen molar-refractivity contribution in [1.29, 1.82) is 0 Å². The highest BCUT2D eigenvalue weighted by Gasteiger charge is 2.47. The molecule has 0 aliphatic carbocycles. The highest BCUT2D eigenvalue weighted by atomic mass is 32.2. The molecule has 0 bridgehead atoms. The molecular formula is C13H23F2NO3S. The lowest BCUT2D eigenvalue weighted by Gasteiger charge is -2.37. The molecule has 1 aliphatic heterocycles. The van der Waals surface area contributed by atoms with Gasteiger partial charge in [-0.1, -0.05) is 20.3 Å². The molecule has 1 saturated heterocycles. The van der Waals surface area contributed by atoms with E-state index in [-0.39, 0.29) is 12.3 Å². The van der Waals surface area contributed by atoms with Gasteiger partial charge >= 0.3 is 0 Å². The van der Waals surface area contributed by atoms with E-state index < -0.39 is 33.2 Å². The van der Waals surface area contributed by atoms with Gasteiger partial charge in [0.1, 0.15) is 5.78 Å². The molecule has 7 heteroatoms. The minimum atomic E-state index is -3.89. The average Bonchev–Trinajstić information content (AvgIpc) is 2.26. The minimum Gasteiger partial charge on any atom is -0.298 e. The molecule has 118 valence electrons. The second-order valence-electron chi connectivity index (χ2n) is 6.26. The Balaban J connectivity index is 3.01. The number of Topliss-reactive ketones (excluding diaryl/α,β-unsaturated/α-hetero) is 1. The Morgan fingerprint density at radius 1 is 1.25 bits per heavy atom. The molecule has 0 aromatic heterocycles. The normalized spacial score (nSPS) is 22.8. The average molecular weight is 311 g/mol. The summed E-state index contributed by atoms with van der Waals surface area (Å²) in [7, 11) is -3.89. The summed E-state index contributed by atoms with van der Waals surface area (Å²) in [6.45, 7) is 4.77. The highest BCUT2D eigenvalue weighted by molar-refractivity contribution is 7.89. The number of hydrogen-bond donors (Lipinski definition) is 0. The topological polar surface area (TPSA) is 54.5 Å². The quantitative estimate of drug-likeness (QED) is 0.783. The van der Waals surface area contributed by atoms with Crippen LogP contribution in [0.4, 0.5) is 8.78 Å². The van der Waals surface area contributed by atoms with E-state index in [0.717, 1.165) is 17.6 Å². The predicted octanol–water partition coefficient (Wildman–Crippen LogP) is 2.44. The van der Waals surface area contributed by atoms with Gasteiger partial charge in [0.15, 0.2) is 0 Å². The first kappa shape index (κ1) is 17.5. The molecule has 4 nitrogen and oxygen atoms in total. The van der Waals surface area contributed by atoms with Crippen LogP contribution < -0.4 is 0 Å². The number of carbonyl (C=O) groups is 1. The zero-order valence-corrected chi connectivity index (χ0v) is 13.3. The maximum atomic E-state index is 13.5. The Bertz CT molecular complexity index is 468. The van der Waals surface area contributed by atoms with Crippen LogP contribution in [0.15, 0.2) is 0 Å². The maximum absolute atomic E-state index is 13.5. The monoisotopic (exact) mass is 311 g/mol. The smallest absolute Gasteiger partial charge is 0.251 e. The number of ketones is 1. The van der Waals surface area contributed by atoms with Crippen LogP contribution in [-0.2, 0) is 14.8 Å². The van der Waals surface area contributed by atoms with Gasteiger partial charge in [-0.15, -0.1) is 0 Å². The van der Waals surface area contributed by atoms with Crippen molar-refractivity contribution in [2.75, 3.05) is 12.3 Å². The first-order valence-corrected chi connectivity index (χ1v) is 8.37. The number of carbonyl (C=O) groups excluding carboxylic acids is 1. The van der Waals surface area contributed by atoms with Crippen molar-refractivity contribution in [3.8, 4) is 0 Å². The third-order valence-electron chi connectivity index (χ3n) is 4.01. The number of sulfonamides is 1. The Labute approximate surface area is 119 Å². The summed E-state index contributed by atoms with van der Waals surface area (Å²) >= 11 is 0. The third-order valence-corrected chi connectivity index (χ3v) is 6.25. The zero-order chi connectivity index (χ0) is 15.8. The number of rotatable bonds is 5. The second-order valence-corrected chi connectivity index (χ2v) is 8.18. The summed E-state index contributed by atoms with van der Waals surface area (Å²) in [6, 6.07) is -0.699. The van der Waals surface area contributed by atoms with E-state index in [1.807, 2.05) is 0 Å². The first-order valence-electron chi connectivity index (χ1n) is 6.76. The van der Waals surface area contributed by atoms with Gasteiger partial charge in [0.2, 0.25) is 10.0 Å². The van der Waals surface area contributed by atoms with Crippen LogP contribution >= 0.6 is 0 Å². The molecule has 20 heavy (non-hydrogen) atoms. The fourth-order valence-corrected chi connectivity index (χ4v) is 4.69. The summed E-state index contributed by atoms with van der Waals surface area (Å²) in [4.78, 5) is 11.6. The maximum Gasteiger partial charge on any atom is 0.251 e. The van der Waals surface area contributed by atoms with E-state index in [2.05, 4.69) is 0 Å². The lowest BCUT2D eigenvalue weighted by atomic mass is 9.89. The summed E-state index contributed by atoms with van der Waals surface area (Å²) in [5.41, 5.74) is -1.68. The molecule has 0 radical (unpaired) electrons. The SMILES string of the molecule is CC(=O)C1CCCCN1S(=O)(=O)CC(C)(C)C(C)(F)F. The number of piperidine rings is 1. The molecule has 0 spiro atoms. The number of hydrogen-bond acceptors (Lipinski definition) is 3. The largest absolute Gasteiger partial charge is 0.298 e. The summed E-state index contributed by atoms with van der Waals surface area (Å²) in [5.74, 6) is -4.00. The van der Waals surface area contributed by atoms with Gasteiger partial charge < -0.3 is 0 Å². The van der Waals surface area contributed by atoms with Crippen molar-refractivity contribution >= 4 is 15.8 Å². The van der Waals surface area contributed by atoms with Gasteiger partial charge in [-0.05, 0) is 26.7 Å². The van der Waals surface area contributed by atoms with Gasteiger partial charge in [0, 0.05) is 12.0 Å². The van der Waals surface area contributed by atoms with E-state index in [0.29, 0.717) is 12.8 Å². The molecule has 1 rings (SSSR count). The fourth-order valence-electron chi connectivity index (χ4n) is 2.31. The van der Waals surface area contributed by atoms with Crippen molar-refractivity contribution in [1.82, 2.24) is 4.31 Å². The number of nitrogens with zero attached hydrogens (tertiary/aromatic N) is 1. The van der Waals surface area contributed by atoms with Crippen LogP contribution in [0, 0.1) is 5.41 Å². The van der Waals surface area contributed by atoms with Gasteiger partial charge in [-0.2, -0.15) is 4.31 Å². The Kier molecular flexibility index (Phi) is 4.96. The van der Waals surface area contributed by atoms with E-state index in [4.69, 9.17) is 0 Å². The molecule has 0 saturated carbocycles. The van der Waals surface area contributed by atoms with Crippen molar-refractivity contribution in [3.05, 3.63) is 0 Å². The second kappa shape index (κ2) is 5.67. The van der Waals surface area contributed by atoms with Crippen molar-refractivity contribution < 1.29 is 22.0 Å². The molecule has 1 heterocycles. The summed E-state index contributed by atoms with van der Waals surface area (Å²) < 4.78 is 52.9. The third kappa shape index (κ3) is 3.75. The lowest BCUT2D eigenvalue weighted by Crippen LogP contribution is -2.51. The minimum absolute atomic E-state index is 0.227. The van der Waals surface area contributed by atoms with Gasteiger partial charge in [0.25, 0.3) is 5.92 Å².